The minimum atomic E-state index is -0.0742. The fraction of sp³-hybridized carbons (Fsp3) is 0.562. The Morgan fingerprint density at radius 1 is 0.526 bits per heavy atom. The minimum absolute atomic E-state index is 0.0739. The zero-order valence-electron chi connectivity index (χ0n) is 24.3. The Hall–Kier alpha value is -2.38. The largest absolute Gasteiger partial charge is 0.304 e. The third kappa shape index (κ3) is 8.31. The van der Waals surface area contributed by atoms with Gasteiger partial charge in [0.2, 0.25) is 0 Å². The molecule has 0 bridgehead atoms. The van der Waals surface area contributed by atoms with Crippen LogP contribution in [0.3, 0.4) is 0 Å². The van der Waals surface area contributed by atoms with Gasteiger partial charge in [-0.05, 0) is 25.2 Å². The molecule has 0 radical (unpaired) electrons. The molecule has 0 aliphatic carbocycles. The second-order valence-corrected chi connectivity index (χ2v) is 11.4. The van der Waals surface area contributed by atoms with E-state index in [1.54, 1.807) is 0 Å². The molecule has 2 aromatic rings. The number of Topliss-reactive ketones (excluding diaryl/α,β-unsaturated/α-hetero) is 2. The fourth-order valence-electron chi connectivity index (χ4n) is 5.17. The van der Waals surface area contributed by atoms with Gasteiger partial charge in [-0.3, -0.25) is 19.4 Å². The molecule has 2 atom stereocenters. The van der Waals surface area contributed by atoms with E-state index in [4.69, 9.17) is 0 Å². The van der Waals surface area contributed by atoms with Crippen molar-refractivity contribution < 1.29 is 9.59 Å². The molecule has 38 heavy (non-hydrogen) atoms. The van der Waals surface area contributed by atoms with Crippen LogP contribution in [0.1, 0.15) is 50.9 Å². The lowest BCUT2D eigenvalue weighted by Gasteiger charge is -2.38. The molecule has 6 heteroatoms. The molecule has 0 spiro atoms. The van der Waals surface area contributed by atoms with Crippen molar-refractivity contribution in [2.75, 3.05) is 66.5 Å². The topological polar surface area (TPSA) is 47.1 Å². The molecular weight excluding hydrogens is 472 g/mol. The van der Waals surface area contributed by atoms with Crippen molar-refractivity contribution in [2.45, 2.75) is 39.8 Å². The first-order chi connectivity index (χ1) is 18.2. The standard InChI is InChI=1S/2C16H24N2O/c2*1-13(2)16(19)15(14-7-5-4-6-8-14)18-11-9-17(3)10-12-18/h2*4-8,13,15H,9-12H2,1-3H3. The SMILES string of the molecule is CC(C)C(=O)C(c1ccccc1)N1CCN(C)CC1.CC(C)C(=O)C(c1ccccc1)N1CCN(C)CC1. The van der Waals surface area contributed by atoms with Crippen molar-refractivity contribution in [3.05, 3.63) is 71.8 Å². The highest BCUT2D eigenvalue weighted by molar-refractivity contribution is 5.87. The summed E-state index contributed by atoms with van der Waals surface area (Å²) in [4.78, 5) is 34.4. The smallest absolute Gasteiger partial charge is 0.157 e. The van der Waals surface area contributed by atoms with Gasteiger partial charge in [-0.2, -0.15) is 0 Å². The summed E-state index contributed by atoms with van der Waals surface area (Å²) in [5, 5.41) is 0. The molecule has 0 amide bonds. The van der Waals surface area contributed by atoms with Gasteiger partial charge >= 0.3 is 0 Å². The first kappa shape index (κ1) is 30.2. The van der Waals surface area contributed by atoms with Crippen molar-refractivity contribution in [3.8, 4) is 0 Å². The molecule has 0 N–H and O–H groups in total. The predicted molar refractivity (Wildman–Crippen MR) is 156 cm³/mol. The van der Waals surface area contributed by atoms with Gasteiger partial charge in [0.1, 0.15) is 0 Å². The Morgan fingerprint density at radius 3 is 1.08 bits per heavy atom. The lowest BCUT2D eigenvalue weighted by Crippen LogP contribution is -2.48. The molecule has 2 heterocycles. The van der Waals surface area contributed by atoms with Crippen LogP contribution in [0, 0.1) is 11.8 Å². The third-order valence-corrected chi connectivity index (χ3v) is 7.71. The number of rotatable bonds is 8. The molecule has 2 aromatic carbocycles. The minimum Gasteiger partial charge on any atom is -0.304 e. The number of carbonyl (C=O) groups is 2. The van der Waals surface area contributed by atoms with Crippen LogP contribution in [0.15, 0.2) is 60.7 Å². The summed E-state index contributed by atoms with van der Waals surface area (Å²) in [5.41, 5.74) is 2.26. The number of hydrogen-bond donors (Lipinski definition) is 0. The molecule has 2 unspecified atom stereocenters. The summed E-state index contributed by atoms with van der Waals surface area (Å²) in [6, 6.07) is 20.2. The average Bonchev–Trinajstić information content (AvgIpc) is 2.92. The van der Waals surface area contributed by atoms with Gasteiger partial charge in [0, 0.05) is 64.2 Å². The Labute approximate surface area is 230 Å². The monoisotopic (exact) mass is 520 g/mol. The normalized spacial score (nSPS) is 19.6. The molecule has 6 nitrogen and oxygen atoms in total. The average molecular weight is 521 g/mol. The number of nitrogens with zero attached hydrogens (tertiary/aromatic N) is 4. The lowest BCUT2D eigenvalue weighted by atomic mass is 9.93. The molecule has 0 saturated carbocycles. The number of piperazine rings is 2. The van der Waals surface area contributed by atoms with Gasteiger partial charge in [0.25, 0.3) is 0 Å². The van der Waals surface area contributed by atoms with Gasteiger partial charge in [-0.15, -0.1) is 0 Å². The van der Waals surface area contributed by atoms with Gasteiger partial charge in [0.05, 0.1) is 12.1 Å². The van der Waals surface area contributed by atoms with Crippen LogP contribution in [0.25, 0.3) is 0 Å². The zero-order chi connectivity index (χ0) is 27.7. The second-order valence-electron chi connectivity index (χ2n) is 11.4. The fourth-order valence-corrected chi connectivity index (χ4v) is 5.17. The Morgan fingerprint density at radius 2 is 0.816 bits per heavy atom. The van der Waals surface area contributed by atoms with E-state index in [0.29, 0.717) is 11.6 Å². The van der Waals surface area contributed by atoms with Crippen molar-refractivity contribution >= 4 is 11.6 Å². The van der Waals surface area contributed by atoms with Gasteiger partial charge in [0.15, 0.2) is 11.6 Å². The summed E-state index contributed by atoms with van der Waals surface area (Å²) < 4.78 is 0. The van der Waals surface area contributed by atoms with Crippen LogP contribution >= 0.6 is 0 Å². The maximum absolute atomic E-state index is 12.6. The highest BCUT2D eigenvalue weighted by atomic mass is 16.1. The van der Waals surface area contributed by atoms with E-state index in [1.807, 2.05) is 64.1 Å². The first-order valence-corrected chi connectivity index (χ1v) is 14.2. The van der Waals surface area contributed by atoms with Crippen molar-refractivity contribution in [3.63, 3.8) is 0 Å². The molecule has 208 valence electrons. The molecule has 4 rings (SSSR count). The maximum atomic E-state index is 12.6. The summed E-state index contributed by atoms with van der Waals surface area (Å²) in [6.07, 6.45) is 0. The van der Waals surface area contributed by atoms with Gasteiger partial charge in [-0.1, -0.05) is 88.4 Å². The van der Waals surface area contributed by atoms with Gasteiger partial charge < -0.3 is 9.80 Å². The number of ketones is 2. The van der Waals surface area contributed by atoms with Crippen molar-refractivity contribution in [1.29, 1.82) is 0 Å². The van der Waals surface area contributed by atoms with E-state index in [0.717, 1.165) is 63.5 Å². The van der Waals surface area contributed by atoms with Crippen LogP contribution in [0.4, 0.5) is 0 Å². The molecule has 2 saturated heterocycles. The highest BCUT2D eigenvalue weighted by Crippen LogP contribution is 2.27. The van der Waals surface area contributed by atoms with E-state index < -0.39 is 0 Å². The summed E-state index contributed by atoms with van der Waals surface area (Å²) >= 11 is 0. The number of carbonyl (C=O) groups excluding carboxylic acids is 2. The number of hydrogen-bond acceptors (Lipinski definition) is 6. The van der Waals surface area contributed by atoms with Crippen LogP contribution in [0.2, 0.25) is 0 Å². The molecule has 2 aliphatic rings. The Kier molecular flexibility index (Phi) is 11.7. The first-order valence-electron chi connectivity index (χ1n) is 14.2. The highest BCUT2D eigenvalue weighted by Gasteiger charge is 2.32. The Balaban J connectivity index is 0.000000211. The summed E-state index contributed by atoms with van der Waals surface area (Å²) in [7, 11) is 4.28. The van der Waals surface area contributed by atoms with Crippen LogP contribution in [0.5, 0.6) is 0 Å². The van der Waals surface area contributed by atoms with Crippen LogP contribution in [-0.2, 0) is 9.59 Å². The van der Waals surface area contributed by atoms with Gasteiger partial charge in [-0.25, -0.2) is 0 Å². The summed E-state index contributed by atoms with van der Waals surface area (Å²) in [6.45, 7) is 16.0. The lowest BCUT2D eigenvalue weighted by molar-refractivity contribution is -0.129. The zero-order valence-corrected chi connectivity index (χ0v) is 24.3. The molecule has 0 aromatic heterocycles. The maximum Gasteiger partial charge on any atom is 0.157 e. The molecule has 2 aliphatic heterocycles. The molecular formula is C32H48N4O2. The summed E-state index contributed by atoms with van der Waals surface area (Å²) in [5.74, 6) is 0.807. The molecule has 2 fully saturated rings. The van der Waals surface area contributed by atoms with Crippen LogP contribution in [-0.4, -0.2) is 97.6 Å². The van der Waals surface area contributed by atoms with Crippen molar-refractivity contribution in [2.24, 2.45) is 11.8 Å². The second kappa shape index (κ2) is 14.7. The third-order valence-electron chi connectivity index (χ3n) is 7.71. The number of benzene rings is 2. The van der Waals surface area contributed by atoms with E-state index in [9.17, 15) is 9.59 Å². The van der Waals surface area contributed by atoms with Crippen LogP contribution < -0.4 is 0 Å². The van der Waals surface area contributed by atoms with E-state index >= 15 is 0 Å². The quantitative estimate of drug-likeness (QED) is 0.514. The predicted octanol–water partition coefficient (Wildman–Crippen LogP) is 4.40. The van der Waals surface area contributed by atoms with Crippen molar-refractivity contribution in [1.82, 2.24) is 19.6 Å². The number of likely N-dealkylation sites (N-methyl/N-ethyl adjacent to an activating group) is 2. The van der Waals surface area contributed by atoms with E-state index in [-0.39, 0.29) is 23.9 Å². The van der Waals surface area contributed by atoms with E-state index in [2.05, 4.69) is 58.0 Å². The van der Waals surface area contributed by atoms with E-state index in [1.165, 1.54) is 0 Å². The Bertz CT molecular complexity index is 898.